The lowest BCUT2D eigenvalue weighted by atomic mass is 10.0. The van der Waals surface area contributed by atoms with Gasteiger partial charge in [0.25, 0.3) is 11.8 Å². The van der Waals surface area contributed by atoms with Gasteiger partial charge in [-0.05, 0) is 29.1 Å². The average Bonchev–Trinajstić information content (AvgIpc) is 3.18. The van der Waals surface area contributed by atoms with Crippen molar-refractivity contribution in [3.63, 3.8) is 0 Å². The first-order valence-electron chi connectivity index (χ1n) is 10.7. The highest BCUT2D eigenvalue weighted by Crippen LogP contribution is 2.29. The smallest absolute Gasteiger partial charge is 0.272 e. The van der Waals surface area contributed by atoms with E-state index in [4.69, 9.17) is 0 Å². The lowest BCUT2D eigenvalue weighted by Crippen LogP contribution is -2.42. The Morgan fingerprint density at radius 2 is 1.66 bits per heavy atom. The summed E-state index contributed by atoms with van der Waals surface area (Å²) in [6, 6.07) is 9.66. The van der Waals surface area contributed by atoms with Gasteiger partial charge in [-0.15, -0.1) is 0 Å². The van der Waals surface area contributed by atoms with Crippen LogP contribution in [0.3, 0.4) is 0 Å². The van der Waals surface area contributed by atoms with Crippen LogP contribution in [0.5, 0.6) is 0 Å². The fraction of sp³-hybridized carbons (Fsp3) is 0.333. The SMILES string of the molecule is CC.Cn1cc2cc(-c3ccc4cnc(C(=O)N5CCC(F)(F)CC5)cc4c3)cnc2n1. The second-order valence-electron chi connectivity index (χ2n) is 7.72. The van der Waals surface area contributed by atoms with Crippen LogP contribution >= 0.6 is 0 Å². The molecule has 1 amide bonds. The van der Waals surface area contributed by atoms with Crippen molar-refractivity contribution in [3.8, 4) is 11.1 Å². The first-order valence-corrected chi connectivity index (χ1v) is 10.7. The van der Waals surface area contributed by atoms with E-state index in [1.807, 2.05) is 51.4 Å². The fourth-order valence-corrected chi connectivity index (χ4v) is 3.83. The molecule has 166 valence electrons. The number of piperidine rings is 1. The van der Waals surface area contributed by atoms with Gasteiger partial charge in [0.2, 0.25) is 0 Å². The third kappa shape index (κ3) is 4.30. The Morgan fingerprint density at radius 3 is 2.41 bits per heavy atom. The van der Waals surface area contributed by atoms with Gasteiger partial charge in [-0.25, -0.2) is 13.8 Å². The Kier molecular flexibility index (Phi) is 5.86. The lowest BCUT2D eigenvalue weighted by molar-refractivity contribution is -0.0495. The largest absolute Gasteiger partial charge is 0.337 e. The number of nitrogens with zero attached hydrogens (tertiary/aromatic N) is 5. The van der Waals surface area contributed by atoms with Crippen LogP contribution in [0.4, 0.5) is 8.78 Å². The van der Waals surface area contributed by atoms with E-state index in [0.717, 1.165) is 27.3 Å². The van der Waals surface area contributed by atoms with E-state index in [9.17, 15) is 13.6 Å². The maximum absolute atomic E-state index is 13.4. The van der Waals surface area contributed by atoms with Crippen LogP contribution in [0.25, 0.3) is 32.9 Å². The Bertz CT molecular complexity index is 1270. The minimum absolute atomic E-state index is 0.0440. The Balaban J connectivity index is 0.00000119. The van der Waals surface area contributed by atoms with Crippen molar-refractivity contribution in [1.29, 1.82) is 0 Å². The van der Waals surface area contributed by atoms with Crippen LogP contribution in [-0.2, 0) is 7.05 Å². The molecule has 0 spiro atoms. The van der Waals surface area contributed by atoms with E-state index in [0.29, 0.717) is 5.65 Å². The molecule has 1 aliphatic rings. The maximum Gasteiger partial charge on any atom is 0.272 e. The number of hydrogen-bond acceptors (Lipinski definition) is 4. The van der Waals surface area contributed by atoms with Crippen molar-refractivity contribution < 1.29 is 13.6 Å². The van der Waals surface area contributed by atoms with Crippen LogP contribution in [-0.4, -0.2) is 49.6 Å². The predicted octanol–water partition coefficient (Wildman–Crippen LogP) is 5.08. The van der Waals surface area contributed by atoms with Gasteiger partial charge < -0.3 is 4.90 Å². The minimum Gasteiger partial charge on any atom is -0.337 e. The number of alkyl halides is 2. The zero-order valence-electron chi connectivity index (χ0n) is 18.3. The molecule has 0 bridgehead atoms. The zero-order valence-corrected chi connectivity index (χ0v) is 18.3. The number of aromatic nitrogens is 4. The van der Waals surface area contributed by atoms with Crippen molar-refractivity contribution in [2.75, 3.05) is 13.1 Å². The second-order valence-corrected chi connectivity index (χ2v) is 7.72. The number of benzene rings is 1. The summed E-state index contributed by atoms with van der Waals surface area (Å²) in [5.41, 5.74) is 2.86. The number of amides is 1. The molecular formula is C24H25F2N5O. The minimum atomic E-state index is -2.69. The first-order chi connectivity index (χ1) is 15.4. The molecular weight excluding hydrogens is 412 g/mol. The van der Waals surface area contributed by atoms with Crippen LogP contribution in [0.15, 0.2) is 48.9 Å². The van der Waals surface area contributed by atoms with Gasteiger partial charge in [0.15, 0.2) is 5.65 Å². The van der Waals surface area contributed by atoms with Gasteiger partial charge in [0.05, 0.1) is 0 Å². The summed E-state index contributed by atoms with van der Waals surface area (Å²) in [6.45, 7) is 4.09. The highest BCUT2D eigenvalue weighted by Gasteiger charge is 2.36. The molecule has 1 fully saturated rings. The molecule has 0 saturated carbocycles. The van der Waals surface area contributed by atoms with Gasteiger partial charge in [-0.2, -0.15) is 5.10 Å². The number of rotatable bonds is 2. The third-order valence-electron chi connectivity index (χ3n) is 5.53. The number of fused-ring (bicyclic) bond motifs is 2. The summed E-state index contributed by atoms with van der Waals surface area (Å²) in [4.78, 5) is 22.9. The second kappa shape index (κ2) is 8.61. The summed E-state index contributed by atoms with van der Waals surface area (Å²) < 4.78 is 28.5. The normalized spacial score (nSPS) is 15.5. The first kappa shape index (κ1) is 21.8. The van der Waals surface area contributed by atoms with E-state index in [1.54, 1.807) is 23.1 Å². The number of carbonyl (C=O) groups is 1. The molecule has 8 heteroatoms. The Labute approximate surface area is 184 Å². The van der Waals surface area contributed by atoms with Crippen LogP contribution in [0, 0.1) is 0 Å². The number of pyridine rings is 2. The van der Waals surface area contributed by atoms with Crippen molar-refractivity contribution in [2.24, 2.45) is 7.05 Å². The summed E-state index contributed by atoms with van der Waals surface area (Å²) in [6.07, 6.45) is 4.72. The number of likely N-dealkylation sites (tertiary alicyclic amines) is 1. The predicted molar refractivity (Wildman–Crippen MR) is 121 cm³/mol. The van der Waals surface area contributed by atoms with Crippen LogP contribution in [0.1, 0.15) is 37.2 Å². The fourth-order valence-electron chi connectivity index (χ4n) is 3.83. The molecule has 32 heavy (non-hydrogen) atoms. The molecule has 0 aliphatic carbocycles. The van der Waals surface area contributed by atoms with Crippen LogP contribution < -0.4 is 0 Å². The van der Waals surface area contributed by atoms with E-state index in [2.05, 4.69) is 15.1 Å². The summed E-state index contributed by atoms with van der Waals surface area (Å²) in [5.74, 6) is -3.00. The van der Waals surface area contributed by atoms with Crippen molar-refractivity contribution in [3.05, 3.63) is 54.6 Å². The highest BCUT2D eigenvalue weighted by atomic mass is 19.3. The molecule has 0 atom stereocenters. The van der Waals surface area contributed by atoms with Crippen molar-refractivity contribution in [1.82, 2.24) is 24.6 Å². The zero-order chi connectivity index (χ0) is 22.9. The van der Waals surface area contributed by atoms with Gasteiger partial charge in [-0.1, -0.05) is 26.0 Å². The number of carbonyl (C=O) groups excluding carboxylic acids is 1. The van der Waals surface area contributed by atoms with Crippen LogP contribution in [0.2, 0.25) is 0 Å². The van der Waals surface area contributed by atoms with Gasteiger partial charge in [0, 0.05) is 67.9 Å². The highest BCUT2D eigenvalue weighted by molar-refractivity contribution is 5.97. The third-order valence-corrected chi connectivity index (χ3v) is 5.53. The topological polar surface area (TPSA) is 63.9 Å². The molecule has 0 radical (unpaired) electrons. The molecule has 1 aromatic carbocycles. The average molecular weight is 437 g/mol. The number of hydrogen-bond donors (Lipinski definition) is 0. The van der Waals surface area contributed by atoms with E-state index in [1.165, 1.54) is 4.90 Å². The number of aryl methyl sites for hydroxylation is 1. The van der Waals surface area contributed by atoms with E-state index >= 15 is 0 Å². The Hall–Kier alpha value is -3.42. The molecule has 3 aromatic heterocycles. The molecule has 0 N–H and O–H groups in total. The lowest BCUT2D eigenvalue weighted by Gasteiger charge is -2.31. The van der Waals surface area contributed by atoms with Gasteiger partial charge in [0.1, 0.15) is 5.69 Å². The molecule has 4 heterocycles. The molecule has 1 saturated heterocycles. The quantitative estimate of drug-likeness (QED) is 0.439. The maximum atomic E-state index is 13.4. The molecule has 1 aliphatic heterocycles. The summed E-state index contributed by atoms with van der Waals surface area (Å²) in [5, 5.41) is 7.00. The van der Waals surface area contributed by atoms with Crippen molar-refractivity contribution >= 4 is 27.7 Å². The molecule has 4 aromatic rings. The standard InChI is InChI=1S/C22H19F2N5O.C2H6/c1-28-13-18-9-17(12-26-20(18)27-28)14-2-3-15-11-25-19(10-16(15)8-14)21(30)29-6-4-22(23,24)5-7-29;1-2/h2-3,8-13H,4-7H2,1H3;1-2H3. The summed E-state index contributed by atoms with van der Waals surface area (Å²) >= 11 is 0. The molecule has 5 rings (SSSR count). The molecule has 0 unspecified atom stereocenters. The van der Waals surface area contributed by atoms with E-state index < -0.39 is 5.92 Å². The van der Waals surface area contributed by atoms with Crippen molar-refractivity contribution in [2.45, 2.75) is 32.6 Å². The molecule has 6 nitrogen and oxygen atoms in total. The van der Waals surface area contributed by atoms with Gasteiger partial charge >= 0.3 is 0 Å². The Morgan fingerprint density at radius 1 is 0.938 bits per heavy atom. The van der Waals surface area contributed by atoms with Gasteiger partial charge in [-0.3, -0.25) is 14.5 Å². The summed E-state index contributed by atoms with van der Waals surface area (Å²) in [7, 11) is 1.85. The van der Waals surface area contributed by atoms with E-state index in [-0.39, 0.29) is 37.5 Å². The number of halogens is 2. The monoisotopic (exact) mass is 437 g/mol.